The quantitative estimate of drug-likeness (QED) is 0.808. The van der Waals surface area contributed by atoms with Gasteiger partial charge in [-0.05, 0) is 31.0 Å². The third-order valence-corrected chi connectivity index (χ3v) is 3.99. The van der Waals surface area contributed by atoms with Crippen LogP contribution in [0.2, 0.25) is 0 Å². The molecule has 0 aromatic heterocycles. The Morgan fingerprint density at radius 2 is 1.91 bits per heavy atom. The van der Waals surface area contributed by atoms with E-state index in [1.165, 1.54) is 0 Å². The molecular weight excluding hydrogens is 298 g/mol. The molecule has 0 spiro atoms. The van der Waals surface area contributed by atoms with Gasteiger partial charge < -0.3 is 19.5 Å². The first-order chi connectivity index (χ1) is 11.2. The maximum atomic E-state index is 12.2. The van der Waals surface area contributed by atoms with Crippen LogP contribution in [0.4, 0.5) is 0 Å². The van der Waals surface area contributed by atoms with E-state index in [9.17, 15) is 9.59 Å². The monoisotopic (exact) mass is 319 g/mol. The van der Waals surface area contributed by atoms with E-state index in [-0.39, 0.29) is 30.6 Å². The molecule has 2 aliphatic heterocycles. The molecule has 1 aromatic carbocycles. The number of benzene rings is 1. The highest BCUT2D eigenvalue weighted by Gasteiger charge is 2.18. The molecular formula is C17H21NO5. The molecule has 1 saturated heterocycles. The van der Waals surface area contributed by atoms with Crippen molar-refractivity contribution >= 4 is 11.7 Å². The Morgan fingerprint density at radius 3 is 2.70 bits per heavy atom. The van der Waals surface area contributed by atoms with Gasteiger partial charge in [0.15, 0.2) is 17.3 Å². The molecule has 1 amide bonds. The summed E-state index contributed by atoms with van der Waals surface area (Å²) in [5.41, 5.74) is 0.543. The van der Waals surface area contributed by atoms with Crippen LogP contribution >= 0.6 is 0 Å². The van der Waals surface area contributed by atoms with Crippen molar-refractivity contribution in [3.63, 3.8) is 0 Å². The average molecular weight is 319 g/mol. The van der Waals surface area contributed by atoms with Crippen molar-refractivity contribution in [3.05, 3.63) is 23.8 Å². The minimum Gasteiger partial charge on any atom is -0.486 e. The van der Waals surface area contributed by atoms with Crippen molar-refractivity contribution < 1.29 is 23.8 Å². The molecule has 3 rings (SSSR count). The van der Waals surface area contributed by atoms with E-state index >= 15 is 0 Å². The molecule has 0 bridgehead atoms. The third-order valence-electron chi connectivity index (χ3n) is 3.99. The van der Waals surface area contributed by atoms with Crippen LogP contribution in [0.3, 0.4) is 0 Å². The smallest absolute Gasteiger partial charge is 0.220 e. The highest BCUT2D eigenvalue weighted by molar-refractivity contribution is 5.98. The number of carbonyl (C=O) groups is 2. The van der Waals surface area contributed by atoms with Crippen LogP contribution in [-0.2, 0) is 9.53 Å². The maximum absolute atomic E-state index is 12.2. The lowest BCUT2D eigenvalue weighted by Gasteiger charge is -2.18. The van der Waals surface area contributed by atoms with Gasteiger partial charge in [0, 0.05) is 31.6 Å². The van der Waals surface area contributed by atoms with Crippen LogP contribution in [0.15, 0.2) is 18.2 Å². The van der Waals surface area contributed by atoms with Gasteiger partial charge in [-0.2, -0.15) is 0 Å². The third kappa shape index (κ3) is 4.22. The highest BCUT2D eigenvalue weighted by Crippen LogP contribution is 2.31. The fourth-order valence-electron chi connectivity index (χ4n) is 2.71. The first kappa shape index (κ1) is 15.8. The van der Waals surface area contributed by atoms with Crippen LogP contribution in [0.5, 0.6) is 11.5 Å². The molecule has 0 aliphatic carbocycles. The molecule has 0 unspecified atom stereocenters. The van der Waals surface area contributed by atoms with Crippen LogP contribution < -0.4 is 14.8 Å². The number of rotatable bonds is 6. The van der Waals surface area contributed by atoms with Crippen molar-refractivity contribution in [2.45, 2.75) is 31.8 Å². The van der Waals surface area contributed by atoms with Crippen LogP contribution in [-0.4, -0.2) is 44.2 Å². The molecule has 2 aliphatic rings. The lowest BCUT2D eigenvalue weighted by atomic mass is 10.1. The predicted molar refractivity (Wildman–Crippen MR) is 83.0 cm³/mol. The summed E-state index contributed by atoms with van der Waals surface area (Å²) in [7, 11) is 0. The second kappa shape index (κ2) is 7.46. The zero-order valence-electron chi connectivity index (χ0n) is 13.0. The SMILES string of the molecule is O=C(CCC(=O)c1ccc2c(c1)OCCO2)NC[C@@H]1CCCO1. The molecule has 124 valence electrons. The Kier molecular flexibility index (Phi) is 5.12. The molecule has 2 heterocycles. The normalized spacial score (nSPS) is 19.4. The lowest BCUT2D eigenvalue weighted by molar-refractivity contribution is -0.121. The lowest BCUT2D eigenvalue weighted by Crippen LogP contribution is -2.31. The molecule has 6 nitrogen and oxygen atoms in total. The minimum atomic E-state index is -0.119. The minimum absolute atomic E-state index is 0.0748. The van der Waals surface area contributed by atoms with Gasteiger partial charge in [0.05, 0.1) is 6.10 Å². The van der Waals surface area contributed by atoms with Crippen molar-refractivity contribution in [2.24, 2.45) is 0 Å². The second-order valence-corrected chi connectivity index (χ2v) is 5.72. The van der Waals surface area contributed by atoms with E-state index in [4.69, 9.17) is 14.2 Å². The molecule has 1 atom stereocenters. The van der Waals surface area contributed by atoms with Gasteiger partial charge in [-0.25, -0.2) is 0 Å². The highest BCUT2D eigenvalue weighted by atomic mass is 16.6. The zero-order valence-corrected chi connectivity index (χ0v) is 13.0. The number of carbonyl (C=O) groups excluding carboxylic acids is 2. The van der Waals surface area contributed by atoms with Gasteiger partial charge in [-0.3, -0.25) is 9.59 Å². The Hall–Kier alpha value is -2.08. The van der Waals surface area contributed by atoms with Crippen LogP contribution in [0, 0.1) is 0 Å². The van der Waals surface area contributed by atoms with E-state index in [0.29, 0.717) is 36.8 Å². The maximum Gasteiger partial charge on any atom is 0.220 e. The summed E-state index contributed by atoms with van der Waals surface area (Å²) in [5, 5.41) is 2.82. The van der Waals surface area contributed by atoms with E-state index in [2.05, 4.69) is 5.32 Å². The molecule has 6 heteroatoms. The predicted octanol–water partition coefficient (Wildman–Crippen LogP) is 1.72. The summed E-state index contributed by atoms with van der Waals surface area (Å²) in [4.78, 5) is 24.0. The second-order valence-electron chi connectivity index (χ2n) is 5.72. The van der Waals surface area contributed by atoms with Gasteiger partial charge in [-0.1, -0.05) is 0 Å². The van der Waals surface area contributed by atoms with Crippen molar-refractivity contribution in [1.29, 1.82) is 0 Å². The number of hydrogen-bond donors (Lipinski definition) is 1. The summed E-state index contributed by atoms with van der Waals surface area (Å²) in [6.45, 7) is 2.29. The summed E-state index contributed by atoms with van der Waals surface area (Å²) in [6, 6.07) is 5.13. The van der Waals surface area contributed by atoms with E-state index in [1.807, 2.05) is 0 Å². The fraction of sp³-hybridized carbons (Fsp3) is 0.529. The van der Waals surface area contributed by atoms with Gasteiger partial charge in [0.2, 0.25) is 5.91 Å². The first-order valence-electron chi connectivity index (χ1n) is 8.03. The number of ether oxygens (including phenoxy) is 3. The van der Waals surface area contributed by atoms with Crippen molar-refractivity contribution in [1.82, 2.24) is 5.32 Å². The van der Waals surface area contributed by atoms with Gasteiger partial charge >= 0.3 is 0 Å². The summed E-state index contributed by atoms with van der Waals surface area (Å²) in [6.07, 6.45) is 2.50. The largest absolute Gasteiger partial charge is 0.486 e. The molecule has 1 N–H and O–H groups in total. The summed E-state index contributed by atoms with van der Waals surface area (Å²) >= 11 is 0. The van der Waals surface area contributed by atoms with Gasteiger partial charge in [0.1, 0.15) is 13.2 Å². The van der Waals surface area contributed by atoms with E-state index in [0.717, 1.165) is 19.4 Å². The summed E-state index contributed by atoms with van der Waals surface area (Å²) < 4.78 is 16.3. The standard InChI is InChI=1S/C17H21NO5/c19-14(4-6-17(20)18-11-13-2-1-7-21-13)12-3-5-15-16(10-12)23-9-8-22-15/h3,5,10,13H,1-2,4,6-9,11H2,(H,18,20)/t13-/m0/s1. The van der Waals surface area contributed by atoms with E-state index in [1.54, 1.807) is 18.2 Å². The zero-order chi connectivity index (χ0) is 16.1. The molecule has 0 saturated carbocycles. The molecule has 23 heavy (non-hydrogen) atoms. The number of fused-ring (bicyclic) bond motifs is 1. The number of amides is 1. The van der Waals surface area contributed by atoms with Gasteiger partial charge in [-0.15, -0.1) is 0 Å². The Morgan fingerprint density at radius 1 is 1.09 bits per heavy atom. The Labute approximate surface area is 135 Å². The first-order valence-corrected chi connectivity index (χ1v) is 8.03. The average Bonchev–Trinajstić information content (AvgIpc) is 3.11. The summed E-state index contributed by atoms with van der Waals surface area (Å²) in [5.74, 6) is 1.05. The van der Waals surface area contributed by atoms with E-state index < -0.39 is 0 Å². The van der Waals surface area contributed by atoms with Crippen molar-refractivity contribution in [3.8, 4) is 11.5 Å². The van der Waals surface area contributed by atoms with Crippen LogP contribution in [0.1, 0.15) is 36.0 Å². The number of Topliss-reactive ketones (excluding diaryl/α,β-unsaturated/α-hetero) is 1. The van der Waals surface area contributed by atoms with Crippen molar-refractivity contribution in [2.75, 3.05) is 26.4 Å². The molecule has 1 aromatic rings. The Balaban J connectivity index is 1.46. The van der Waals surface area contributed by atoms with Crippen LogP contribution in [0.25, 0.3) is 0 Å². The molecule has 0 radical (unpaired) electrons. The number of ketones is 1. The number of nitrogens with one attached hydrogen (secondary N) is 1. The fourth-order valence-corrected chi connectivity index (χ4v) is 2.71. The number of hydrogen-bond acceptors (Lipinski definition) is 5. The topological polar surface area (TPSA) is 73.9 Å². The molecule has 1 fully saturated rings. The Bertz CT molecular complexity index is 580. The van der Waals surface area contributed by atoms with Gasteiger partial charge in [0.25, 0.3) is 0 Å².